The van der Waals surface area contributed by atoms with Crippen LogP contribution in [0.2, 0.25) is 5.02 Å². The number of amides is 2. The normalized spacial score (nSPS) is 16.2. The van der Waals surface area contributed by atoms with Crippen LogP contribution in [0.5, 0.6) is 0 Å². The lowest BCUT2D eigenvalue weighted by Gasteiger charge is -2.21. The lowest BCUT2D eigenvalue weighted by atomic mass is 10.2. The summed E-state index contributed by atoms with van der Waals surface area (Å²) in [6.45, 7) is 1.37. The summed E-state index contributed by atoms with van der Waals surface area (Å²) < 4.78 is 13.5. The molecule has 1 saturated heterocycles. The third-order valence-electron chi connectivity index (χ3n) is 2.78. The number of urea groups is 1. The fraction of sp³-hybridized carbons (Fsp3) is 0.417. The highest BCUT2D eigenvalue weighted by atomic mass is 35.5. The number of nitrogens with zero attached hydrogens (tertiary/aromatic N) is 1. The van der Waals surface area contributed by atoms with E-state index in [0.717, 1.165) is 25.8 Å². The molecule has 0 spiro atoms. The van der Waals surface area contributed by atoms with Crippen molar-refractivity contribution in [2.24, 2.45) is 0 Å². The first-order chi connectivity index (χ1) is 8.66. The van der Waals surface area contributed by atoms with Crippen molar-refractivity contribution in [3.05, 3.63) is 29.0 Å². The molecule has 0 saturated carbocycles. The van der Waals surface area contributed by atoms with E-state index in [0.29, 0.717) is 11.6 Å². The molecule has 0 bridgehead atoms. The second-order valence-electron chi connectivity index (χ2n) is 4.17. The number of hydrogen-bond acceptors (Lipinski definition) is 2. The molecule has 2 rings (SSSR count). The van der Waals surface area contributed by atoms with Crippen molar-refractivity contribution < 1.29 is 9.18 Å². The molecule has 1 aromatic rings. The van der Waals surface area contributed by atoms with E-state index in [1.165, 1.54) is 23.2 Å². The van der Waals surface area contributed by atoms with Gasteiger partial charge >= 0.3 is 6.03 Å². The minimum absolute atomic E-state index is 0.0959. The van der Waals surface area contributed by atoms with E-state index in [9.17, 15) is 9.18 Å². The van der Waals surface area contributed by atoms with Crippen molar-refractivity contribution in [2.75, 3.05) is 18.4 Å². The predicted octanol–water partition coefficient (Wildman–Crippen LogP) is 3.00. The fourth-order valence-corrected chi connectivity index (χ4v) is 1.99. The van der Waals surface area contributed by atoms with Gasteiger partial charge in [0.15, 0.2) is 0 Å². The van der Waals surface area contributed by atoms with Crippen molar-refractivity contribution in [3.8, 4) is 0 Å². The van der Waals surface area contributed by atoms with E-state index in [1.807, 2.05) is 0 Å². The minimum atomic E-state index is -0.498. The van der Waals surface area contributed by atoms with Gasteiger partial charge in [-0.3, -0.25) is 5.01 Å². The summed E-state index contributed by atoms with van der Waals surface area (Å²) in [5.74, 6) is -0.498. The van der Waals surface area contributed by atoms with E-state index in [4.69, 9.17) is 11.6 Å². The highest BCUT2D eigenvalue weighted by Crippen LogP contribution is 2.19. The van der Waals surface area contributed by atoms with Gasteiger partial charge in [0, 0.05) is 18.1 Å². The summed E-state index contributed by atoms with van der Waals surface area (Å²) in [4.78, 5) is 11.9. The number of anilines is 1. The molecule has 0 aliphatic carbocycles. The van der Waals surface area contributed by atoms with Crippen molar-refractivity contribution in [1.82, 2.24) is 10.4 Å². The molecule has 1 aliphatic heterocycles. The van der Waals surface area contributed by atoms with Crippen molar-refractivity contribution >= 4 is 23.3 Å². The Morgan fingerprint density at radius 2 is 2.22 bits per heavy atom. The maximum absolute atomic E-state index is 13.5. The quantitative estimate of drug-likeness (QED) is 0.825. The Labute approximate surface area is 110 Å². The number of halogens is 2. The number of rotatable bonds is 1. The summed E-state index contributed by atoms with van der Waals surface area (Å²) in [6, 6.07) is 3.70. The van der Waals surface area contributed by atoms with Gasteiger partial charge in [-0.2, -0.15) is 0 Å². The molecule has 6 heteroatoms. The van der Waals surface area contributed by atoms with Crippen LogP contribution in [0.25, 0.3) is 0 Å². The zero-order valence-electron chi connectivity index (χ0n) is 9.88. The molecule has 0 radical (unpaired) electrons. The van der Waals surface area contributed by atoms with Gasteiger partial charge in [0.1, 0.15) is 5.82 Å². The van der Waals surface area contributed by atoms with Crippen molar-refractivity contribution in [1.29, 1.82) is 0 Å². The molecule has 1 aliphatic rings. The topological polar surface area (TPSA) is 44.4 Å². The number of hydrogen-bond donors (Lipinski definition) is 2. The summed E-state index contributed by atoms with van der Waals surface area (Å²) in [5, 5.41) is 4.38. The Balaban J connectivity index is 2.03. The first-order valence-corrected chi connectivity index (χ1v) is 6.32. The monoisotopic (exact) mass is 271 g/mol. The zero-order valence-corrected chi connectivity index (χ0v) is 10.6. The van der Waals surface area contributed by atoms with Crippen LogP contribution in [0.3, 0.4) is 0 Å². The van der Waals surface area contributed by atoms with Crippen LogP contribution in [0, 0.1) is 5.82 Å². The van der Waals surface area contributed by atoms with Crippen LogP contribution in [-0.2, 0) is 0 Å². The van der Waals surface area contributed by atoms with Gasteiger partial charge < -0.3 is 5.32 Å². The van der Waals surface area contributed by atoms with Gasteiger partial charge in [0.25, 0.3) is 0 Å². The van der Waals surface area contributed by atoms with Crippen LogP contribution in [0.15, 0.2) is 18.2 Å². The first-order valence-electron chi connectivity index (χ1n) is 5.94. The minimum Gasteiger partial charge on any atom is -0.304 e. The maximum Gasteiger partial charge on any atom is 0.336 e. The van der Waals surface area contributed by atoms with E-state index in [2.05, 4.69) is 10.7 Å². The number of hydrazine groups is 1. The van der Waals surface area contributed by atoms with E-state index in [1.54, 1.807) is 0 Å². The summed E-state index contributed by atoms with van der Waals surface area (Å²) in [7, 11) is 0. The average molecular weight is 272 g/mol. The molecule has 0 aromatic heterocycles. The molecule has 18 heavy (non-hydrogen) atoms. The van der Waals surface area contributed by atoms with Crippen molar-refractivity contribution in [3.63, 3.8) is 0 Å². The predicted molar refractivity (Wildman–Crippen MR) is 69.0 cm³/mol. The lowest BCUT2D eigenvalue weighted by Crippen LogP contribution is -2.45. The molecule has 1 aromatic carbocycles. The lowest BCUT2D eigenvalue weighted by molar-refractivity contribution is 0.189. The Kier molecular flexibility index (Phi) is 4.38. The summed E-state index contributed by atoms with van der Waals surface area (Å²) >= 11 is 5.76. The third-order valence-corrected chi connectivity index (χ3v) is 3.01. The van der Waals surface area contributed by atoms with Crippen molar-refractivity contribution in [2.45, 2.75) is 19.3 Å². The molecular weight excluding hydrogens is 257 g/mol. The number of benzene rings is 1. The third kappa shape index (κ3) is 3.34. The smallest absolute Gasteiger partial charge is 0.304 e. The molecule has 0 atom stereocenters. The Morgan fingerprint density at radius 3 is 3.06 bits per heavy atom. The molecule has 0 unspecified atom stereocenters. The maximum atomic E-state index is 13.5. The Hall–Kier alpha value is -1.33. The van der Waals surface area contributed by atoms with Gasteiger partial charge in [-0.1, -0.05) is 18.0 Å². The molecular formula is C12H15ClFN3O. The molecule has 1 fully saturated rings. The van der Waals surface area contributed by atoms with Gasteiger partial charge in [-0.25, -0.2) is 14.6 Å². The standard InChI is InChI=1S/C12H15ClFN3O/c13-9-4-5-10(14)11(8-9)16-12(18)17-7-3-1-2-6-15-17/h4-5,8,15H,1-3,6-7H2,(H,16,18). The van der Waals surface area contributed by atoms with Crippen LogP contribution in [0.4, 0.5) is 14.9 Å². The fourth-order valence-electron chi connectivity index (χ4n) is 1.81. The number of carbonyl (C=O) groups is 1. The SMILES string of the molecule is O=C(Nc1cc(Cl)ccc1F)N1CCCCCN1. The number of carbonyl (C=O) groups excluding carboxylic acids is 1. The second kappa shape index (κ2) is 6.02. The van der Waals surface area contributed by atoms with E-state index in [-0.39, 0.29) is 11.7 Å². The number of nitrogens with one attached hydrogen (secondary N) is 2. The highest BCUT2D eigenvalue weighted by molar-refractivity contribution is 6.30. The average Bonchev–Trinajstić information content (AvgIpc) is 2.62. The zero-order chi connectivity index (χ0) is 13.0. The Morgan fingerprint density at radius 1 is 1.39 bits per heavy atom. The van der Waals surface area contributed by atoms with Crippen LogP contribution in [-0.4, -0.2) is 24.1 Å². The molecule has 1 heterocycles. The highest BCUT2D eigenvalue weighted by Gasteiger charge is 2.16. The van der Waals surface area contributed by atoms with Gasteiger partial charge in [0.2, 0.25) is 0 Å². The van der Waals surface area contributed by atoms with Crippen LogP contribution in [0.1, 0.15) is 19.3 Å². The van der Waals surface area contributed by atoms with Gasteiger partial charge in [-0.15, -0.1) is 0 Å². The van der Waals surface area contributed by atoms with Crippen LogP contribution >= 0.6 is 11.6 Å². The largest absolute Gasteiger partial charge is 0.336 e. The summed E-state index contributed by atoms with van der Waals surface area (Å²) in [5.41, 5.74) is 3.10. The molecule has 2 N–H and O–H groups in total. The van der Waals surface area contributed by atoms with E-state index >= 15 is 0 Å². The van der Waals surface area contributed by atoms with E-state index < -0.39 is 5.82 Å². The molecule has 4 nitrogen and oxygen atoms in total. The molecule has 98 valence electrons. The summed E-state index contributed by atoms with van der Waals surface area (Å²) in [6.07, 6.45) is 3.07. The second-order valence-corrected chi connectivity index (χ2v) is 4.61. The first kappa shape index (κ1) is 13.1. The van der Waals surface area contributed by atoms with Gasteiger partial charge in [0.05, 0.1) is 5.69 Å². The van der Waals surface area contributed by atoms with Gasteiger partial charge in [-0.05, 0) is 31.0 Å². The Bertz CT molecular complexity index is 433. The van der Waals surface area contributed by atoms with Crippen LogP contribution < -0.4 is 10.7 Å². The molecule has 2 amide bonds.